The first-order valence-electron chi connectivity index (χ1n) is 8.26. The monoisotopic (exact) mass is 365 g/mol. The molecular formula is C20H17N2O5-. The fraction of sp³-hybridized carbons (Fsp3) is 0.150. The van der Waals surface area contributed by atoms with E-state index in [1.54, 1.807) is 38.3 Å². The van der Waals surface area contributed by atoms with Crippen molar-refractivity contribution in [3.63, 3.8) is 0 Å². The Kier molecular flexibility index (Phi) is 5.21. The van der Waals surface area contributed by atoms with Crippen molar-refractivity contribution in [2.45, 2.75) is 6.92 Å². The highest BCUT2D eigenvalue weighted by atomic mass is 16.5. The number of carboxylic acids is 1. The van der Waals surface area contributed by atoms with Crippen LogP contribution in [-0.2, 0) is 4.74 Å². The first kappa shape index (κ1) is 18.2. The number of para-hydroxylation sites is 1. The van der Waals surface area contributed by atoms with Crippen LogP contribution in [-0.4, -0.2) is 30.6 Å². The number of benzene rings is 2. The molecule has 2 aromatic carbocycles. The van der Waals surface area contributed by atoms with Gasteiger partial charge in [0.25, 0.3) is 0 Å². The van der Waals surface area contributed by atoms with Crippen molar-refractivity contribution in [2.75, 3.05) is 19.0 Å². The number of aromatic carboxylic acids is 1. The third-order valence-corrected chi connectivity index (χ3v) is 3.97. The zero-order valence-electron chi connectivity index (χ0n) is 14.8. The normalized spacial score (nSPS) is 10.4. The average molecular weight is 365 g/mol. The number of nitrogens with zero attached hydrogens (tertiary/aromatic N) is 1. The number of carbonyl (C=O) groups is 2. The molecule has 27 heavy (non-hydrogen) atoms. The molecule has 1 heterocycles. The highest BCUT2D eigenvalue weighted by molar-refractivity contribution is 6.07. The summed E-state index contributed by atoms with van der Waals surface area (Å²) in [6.45, 7) is 1.95. The second-order valence-electron chi connectivity index (χ2n) is 5.61. The lowest BCUT2D eigenvalue weighted by molar-refractivity contribution is -0.255. The standard InChI is InChI=1S/C20H18N2O5/c1-3-27-20(25)15-11-21-18-14(5-4-6-16(18)26-2)17(15)22-13-9-7-12(8-10-13)19(23)24/h4-11H,3H2,1-2H3,(H,21,22)(H,23,24)/p-1. The molecule has 3 rings (SSSR count). The second kappa shape index (κ2) is 7.74. The maximum atomic E-state index is 12.4. The molecule has 0 spiro atoms. The van der Waals surface area contributed by atoms with Gasteiger partial charge in [-0.2, -0.15) is 0 Å². The number of esters is 1. The van der Waals surface area contributed by atoms with E-state index in [4.69, 9.17) is 9.47 Å². The summed E-state index contributed by atoms with van der Waals surface area (Å²) < 4.78 is 10.5. The average Bonchev–Trinajstić information content (AvgIpc) is 2.68. The van der Waals surface area contributed by atoms with E-state index in [0.29, 0.717) is 28.0 Å². The summed E-state index contributed by atoms with van der Waals surface area (Å²) in [5.41, 5.74) is 2.01. The molecule has 0 fully saturated rings. The fourth-order valence-corrected chi connectivity index (χ4v) is 2.69. The molecule has 138 valence electrons. The van der Waals surface area contributed by atoms with E-state index >= 15 is 0 Å². The first-order chi connectivity index (χ1) is 13.0. The van der Waals surface area contributed by atoms with Gasteiger partial charge >= 0.3 is 5.97 Å². The third kappa shape index (κ3) is 3.67. The Labute approximate surface area is 155 Å². The van der Waals surface area contributed by atoms with Crippen LogP contribution in [0.25, 0.3) is 10.9 Å². The zero-order valence-corrected chi connectivity index (χ0v) is 14.8. The van der Waals surface area contributed by atoms with Gasteiger partial charge in [-0.15, -0.1) is 0 Å². The number of ether oxygens (including phenoxy) is 2. The molecule has 3 aromatic rings. The molecule has 0 amide bonds. The maximum absolute atomic E-state index is 12.4. The Bertz CT molecular complexity index is 999. The van der Waals surface area contributed by atoms with Gasteiger partial charge in [-0.05, 0) is 30.7 Å². The smallest absolute Gasteiger partial charge is 0.341 e. The number of carbonyl (C=O) groups excluding carboxylic acids is 2. The Balaban J connectivity index is 2.13. The van der Waals surface area contributed by atoms with Crippen LogP contribution < -0.4 is 15.2 Å². The van der Waals surface area contributed by atoms with Gasteiger partial charge in [0.1, 0.15) is 16.8 Å². The maximum Gasteiger partial charge on any atom is 0.341 e. The lowest BCUT2D eigenvalue weighted by atomic mass is 10.1. The SMILES string of the molecule is CCOC(=O)c1cnc2c(OC)cccc2c1Nc1ccc(C(=O)[O-])cc1. The number of nitrogens with one attached hydrogen (secondary N) is 1. The lowest BCUT2D eigenvalue weighted by Gasteiger charge is -2.15. The van der Waals surface area contributed by atoms with Crippen molar-refractivity contribution < 1.29 is 24.2 Å². The van der Waals surface area contributed by atoms with Gasteiger partial charge in [-0.1, -0.05) is 24.3 Å². The van der Waals surface area contributed by atoms with E-state index in [2.05, 4.69) is 10.3 Å². The predicted molar refractivity (Wildman–Crippen MR) is 98.3 cm³/mol. The van der Waals surface area contributed by atoms with E-state index < -0.39 is 11.9 Å². The van der Waals surface area contributed by atoms with Crippen LogP contribution in [0.5, 0.6) is 5.75 Å². The molecule has 0 aliphatic heterocycles. The molecule has 0 bridgehead atoms. The molecular weight excluding hydrogens is 348 g/mol. The molecule has 7 nitrogen and oxygen atoms in total. The van der Waals surface area contributed by atoms with Crippen molar-refractivity contribution in [3.8, 4) is 5.75 Å². The van der Waals surface area contributed by atoms with Crippen LogP contribution >= 0.6 is 0 Å². The Morgan fingerprint density at radius 2 is 1.89 bits per heavy atom. The molecule has 0 unspecified atom stereocenters. The molecule has 0 radical (unpaired) electrons. The van der Waals surface area contributed by atoms with Crippen LogP contribution in [0.15, 0.2) is 48.7 Å². The van der Waals surface area contributed by atoms with Crippen molar-refractivity contribution in [2.24, 2.45) is 0 Å². The summed E-state index contributed by atoms with van der Waals surface area (Å²) in [5, 5.41) is 14.7. The lowest BCUT2D eigenvalue weighted by Crippen LogP contribution is -2.21. The topological polar surface area (TPSA) is 101 Å². The van der Waals surface area contributed by atoms with Crippen LogP contribution in [0.1, 0.15) is 27.6 Å². The van der Waals surface area contributed by atoms with Gasteiger partial charge in [0.15, 0.2) is 0 Å². The van der Waals surface area contributed by atoms with Crippen LogP contribution in [0, 0.1) is 0 Å². The van der Waals surface area contributed by atoms with Gasteiger partial charge in [0.05, 0.1) is 25.4 Å². The van der Waals surface area contributed by atoms with Crippen LogP contribution in [0.3, 0.4) is 0 Å². The first-order valence-corrected chi connectivity index (χ1v) is 8.26. The molecule has 0 saturated carbocycles. The Morgan fingerprint density at radius 3 is 2.52 bits per heavy atom. The summed E-state index contributed by atoms with van der Waals surface area (Å²) in [6, 6.07) is 11.4. The Morgan fingerprint density at radius 1 is 1.15 bits per heavy atom. The quantitative estimate of drug-likeness (QED) is 0.670. The van der Waals surface area contributed by atoms with Crippen molar-refractivity contribution in [1.82, 2.24) is 4.98 Å². The van der Waals surface area contributed by atoms with Crippen LogP contribution in [0.2, 0.25) is 0 Å². The minimum atomic E-state index is -1.26. The number of pyridine rings is 1. The van der Waals surface area contributed by atoms with Crippen molar-refractivity contribution >= 4 is 34.2 Å². The number of fused-ring (bicyclic) bond motifs is 1. The summed E-state index contributed by atoms with van der Waals surface area (Å²) >= 11 is 0. The summed E-state index contributed by atoms with van der Waals surface area (Å²) in [7, 11) is 1.54. The van der Waals surface area contributed by atoms with Crippen molar-refractivity contribution in [3.05, 3.63) is 59.8 Å². The summed E-state index contributed by atoms with van der Waals surface area (Å²) in [4.78, 5) is 27.6. The molecule has 0 aliphatic carbocycles. The van der Waals surface area contributed by atoms with E-state index in [1.807, 2.05) is 6.07 Å². The number of hydrogen-bond acceptors (Lipinski definition) is 7. The third-order valence-electron chi connectivity index (χ3n) is 3.97. The van der Waals surface area contributed by atoms with Gasteiger partial charge in [-0.25, -0.2) is 4.79 Å². The number of anilines is 2. The molecule has 0 saturated heterocycles. The van der Waals surface area contributed by atoms with E-state index in [9.17, 15) is 14.7 Å². The largest absolute Gasteiger partial charge is 0.545 e. The predicted octanol–water partition coefficient (Wildman–Crippen LogP) is 2.53. The second-order valence-corrected chi connectivity index (χ2v) is 5.61. The zero-order chi connectivity index (χ0) is 19.4. The van der Waals surface area contributed by atoms with Crippen LogP contribution in [0.4, 0.5) is 11.4 Å². The van der Waals surface area contributed by atoms with E-state index in [0.717, 1.165) is 0 Å². The van der Waals surface area contributed by atoms with Crippen molar-refractivity contribution in [1.29, 1.82) is 0 Å². The fourth-order valence-electron chi connectivity index (χ4n) is 2.69. The minimum absolute atomic E-state index is 0.0624. The summed E-state index contributed by atoms with van der Waals surface area (Å²) in [6.07, 6.45) is 1.43. The molecule has 1 aromatic heterocycles. The number of hydrogen-bond donors (Lipinski definition) is 1. The van der Waals surface area contributed by atoms with E-state index in [-0.39, 0.29) is 17.7 Å². The number of methoxy groups -OCH3 is 1. The van der Waals surface area contributed by atoms with Gasteiger partial charge in [-0.3, -0.25) is 4.98 Å². The Hall–Kier alpha value is -3.61. The molecule has 7 heteroatoms. The highest BCUT2D eigenvalue weighted by Crippen LogP contribution is 2.33. The molecule has 0 atom stereocenters. The summed E-state index contributed by atoms with van der Waals surface area (Å²) in [5.74, 6) is -1.20. The number of aromatic nitrogens is 1. The minimum Gasteiger partial charge on any atom is -0.545 e. The molecule has 1 N–H and O–H groups in total. The van der Waals surface area contributed by atoms with Gasteiger partial charge < -0.3 is 24.7 Å². The number of rotatable bonds is 6. The molecule has 0 aliphatic rings. The van der Waals surface area contributed by atoms with E-state index in [1.165, 1.54) is 18.3 Å². The van der Waals surface area contributed by atoms with Gasteiger partial charge in [0.2, 0.25) is 0 Å². The number of carboxylic acid groups (broad SMARTS) is 1. The van der Waals surface area contributed by atoms with Gasteiger partial charge in [0, 0.05) is 17.3 Å². The highest BCUT2D eigenvalue weighted by Gasteiger charge is 2.18.